The van der Waals surface area contributed by atoms with E-state index in [2.05, 4.69) is 37.4 Å². The Morgan fingerprint density at radius 3 is 2.31 bits per heavy atom. The van der Waals surface area contributed by atoms with Crippen LogP contribution in [0.2, 0.25) is 0 Å². The van der Waals surface area contributed by atoms with Gasteiger partial charge in [-0.2, -0.15) is 0 Å². The number of carbonyl (C=O) groups is 3. The predicted molar refractivity (Wildman–Crippen MR) is 142 cm³/mol. The second-order valence-corrected chi connectivity index (χ2v) is 9.52. The van der Waals surface area contributed by atoms with Crippen LogP contribution in [0.25, 0.3) is 0 Å². The van der Waals surface area contributed by atoms with E-state index in [1.54, 1.807) is 42.5 Å². The van der Waals surface area contributed by atoms with Crippen LogP contribution in [0.3, 0.4) is 0 Å². The Bertz CT molecular complexity index is 1070. The molecule has 0 aromatic heterocycles. The lowest BCUT2D eigenvalue weighted by Crippen LogP contribution is -2.48. The molecule has 35 heavy (non-hydrogen) atoms. The molecule has 0 heterocycles. The number of benzene rings is 2. The minimum atomic E-state index is -0.438. The fourth-order valence-corrected chi connectivity index (χ4v) is 4.31. The highest BCUT2D eigenvalue weighted by Gasteiger charge is 2.21. The quantitative estimate of drug-likeness (QED) is 0.288. The van der Waals surface area contributed by atoms with E-state index in [-0.39, 0.29) is 16.9 Å². The minimum absolute atomic E-state index is 0.0276. The van der Waals surface area contributed by atoms with E-state index in [4.69, 9.17) is 17.0 Å². The van der Waals surface area contributed by atoms with E-state index in [1.165, 1.54) is 6.42 Å². The molecule has 8 nitrogen and oxygen atoms in total. The molecule has 0 atom stereocenters. The number of hydrogen-bond donors (Lipinski definition) is 4. The smallest absolute Gasteiger partial charge is 0.269 e. The summed E-state index contributed by atoms with van der Waals surface area (Å²) < 4.78 is 6.23. The molecule has 0 spiro atoms. The summed E-state index contributed by atoms with van der Waals surface area (Å²) in [6.07, 6.45) is 6.08. The third kappa shape index (κ3) is 8.03. The zero-order chi connectivity index (χ0) is 25.2. The lowest BCUT2D eigenvalue weighted by molar-refractivity contribution is -0.120. The summed E-state index contributed by atoms with van der Waals surface area (Å²) in [5.41, 5.74) is 6.36. The fourth-order valence-electron chi connectivity index (χ4n) is 3.68. The Morgan fingerprint density at radius 1 is 0.971 bits per heavy atom. The molecular weight excluding hydrogens is 532 g/mol. The van der Waals surface area contributed by atoms with Gasteiger partial charge in [-0.25, -0.2) is 0 Å². The Labute approximate surface area is 218 Å². The summed E-state index contributed by atoms with van der Waals surface area (Å²) in [5.74, 6) is -0.138. The molecule has 1 aliphatic carbocycles. The molecule has 3 amide bonds. The van der Waals surface area contributed by atoms with Crippen molar-refractivity contribution in [2.24, 2.45) is 5.92 Å². The van der Waals surface area contributed by atoms with Gasteiger partial charge in [0.15, 0.2) is 5.11 Å². The third-order valence-electron chi connectivity index (χ3n) is 5.56. The molecule has 0 aliphatic heterocycles. The number of anilines is 1. The molecular formula is C25H29BrN4O4S. The molecule has 4 N–H and O–H groups in total. The highest BCUT2D eigenvalue weighted by Crippen LogP contribution is 2.26. The second kappa shape index (κ2) is 13.2. The van der Waals surface area contributed by atoms with Crippen molar-refractivity contribution in [3.8, 4) is 5.75 Å². The van der Waals surface area contributed by atoms with Crippen molar-refractivity contribution in [1.82, 2.24) is 16.2 Å². The molecule has 186 valence electrons. The lowest BCUT2D eigenvalue weighted by atomic mass is 9.88. The van der Waals surface area contributed by atoms with Gasteiger partial charge in [0.05, 0.1) is 11.1 Å². The van der Waals surface area contributed by atoms with Crippen LogP contribution in [0.5, 0.6) is 5.75 Å². The molecule has 1 saturated carbocycles. The number of nitrogens with one attached hydrogen (secondary N) is 4. The van der Waals surface area contributed by atoms with Gasteiger partial charge in [-0.3, -0.25) is 30.6 Å². The van der Waals surface area contributed by atoms with Crippen molar-refractivity contribution in [3.05, 3.63) is 58.1 Å². The standard InChI is InChI=1S/C25H29BrN4O4S/c1-2-14-34-21-13-10-18(15-20(21)26)23(32)28-25(35)30-29-24(33)17-8-11-19(12-9-17)27-22(31)16-6-4-3-5-7-16/h8-13,15-16H,2-7,14H2,1H3,(H,27,31)(H,29,33)(H2,28,30,32,35). The molecule has 0 saturated heterocycles. The molecule has 3 rings (SSSR count). The van der Waals surface area contributed by atoms with E-state index >= 15 is 0 Å². The molecule has 1 aliphatic rings. The van der Waals surface area contributed by atoms with Crippen LogP contribution < -0.4 is 26.2 Å². The van der Waals surface area contributed by atoms with E-state index in [9.17, 15) is 14.4 Å². The number of thiocarbonyl (C=S) groups is 1. The molecule has 10 heteroatoms. The summed E-state index contributed by atoms with van der Waals surface area (Å²) in [6, 6.07) is 11.5. The van der Waals surface area contributed by atoms with Crippen molar-refractivity contribution >= 4 is 56.7 Å². The first-order valence-electron chi connectivity index (χ1n) is 11.6. The third-order valence-corrected chi connectivity index (χ3v) is 6.39. The van der Waals surface area contributed by atoms with Crippen LogP contribution in [0.1, 0.15) is 66.2 Å². The number of hydrogen-bond acceptors (Lipinski definition) is 5. The van der Waals surface area contributed by atoms with Gasteiger partial charge in [0.25, 0.3) is 11.8 Å². The van der Waals surface area contributed by atoms with Crippen molar-refractivity contribution < 1.29 is 19.1 Å². The number of halogens is 1. The first kappa shape index (κ1) is 26.6. The number of carbonyl (C=O) groups excluding carboxylic acids is 3. The van der Waals surface area contributed by atoms with Gasteiger partial charge in [0, 0.05) is 22.7 Å². The fraction of sp³-hybridized carbons (Fsp3) is 0.360. The number of ether oxygens (including phenoxy) is 1. The minimum Gasteiger partial charge on any atom is -0.492 e. The summed E-state index contributed by atoms with van der Waals surface area (Å²) in [7, 11) is 0. The number of hydrazine groups is 1. The van der Waals surface area contributed by atoms with Crippen LogP contribution in [-0.2, 0) is 4.79 Å². The van der Waals surface area contributed by atoms with Crippen molar-refractivity contribution in [3.63, 3.8) is 0 Å². The molecule has 0 radical (unpaired) electrons. The largest absolute Gasteiger partial charge is 0.492 e. The van der Waals surface area contributed by atoms with Gasteiger partial charge in [-0.05, 0) is 89.9 Å². The monoisotopic (exact) mass is 560 g/mol. The summed E-state index contributed by atoms with van der Waals surface area (Å²) >= 11 is 8.50. The van der Waals surface area contributed by atoms with Gasteiger partial charge >= 0.3 is 0 Å². The van der Waals surface area contributed by atoms with Crippen molar-refractivity contribution in [2.45, 2.75) is 45.4 Å². The first-order valence-corrected chi connectivity index (χ1v) is 12.8. The Balaban J connectivity index is 1.45. The molecule has 2 aromatic carbocycles. The topological polar surface area (TPSA) is 109 Å². The van der Waals surface area contributed by atoms with Crippen LogP contribution in [0.4, 0.5) is 5.69 Å². The van der Waals surface area contributed by atoms with E-state index in [1.807, 2.05) is 6.92 Å². The average Bonchev–Trinajstić information content (AvgIpc) is 2.87. The summed E-state index contributed by atoms with van der Waals surface area (Å²) in [6.45, 7) is 2.59. The predicted octanol–water partition coefficient (Wildman–Crippen LogP) is 4.71. The van der Waals surface area contributed by atoms with Crippen LogP contribution in [0.15, 0.2) is 46.9 Å². The normalized spacial score (nSPS) is 13.4. The molecule has 0 unspecified atom stereocenters. The number of rotatable bonds is 7. The van der Waals surface area contributed by atoms with E-state index in [0.29, 0.717) is 33.6 Å². The van der Waals surface area contributed by atoms with Gasteiger partial charge in [0.2, 0.25) is 5.91 Å². The molecule has 2 aromatic rings. The SMILES string of the molecule is CCCOc1ccc(C(=O)NC(=S)NNC(=O)c2ccc(NC(=O)C3CCCCC3)cc2)cc1Br. The maximum absolute atomic E-state index is 12.4. The summed E-state index contributed by atoms with van der Waals surface area (Å²) in [4.78, 5) is 37.2. The van der Waals surface area contributed by atoms with Gasteiger partial charge in [0.1, 0.15) is 5.75 Å². The summed E-state index contributed by atoms with van der Waals surface area (Å²) in [5, 5.41) is 5.38. The van der Waals surface area contributed by atoms with Crippen LogP contribution in [0, 0.1) is 5.92 Å². The lowest BCUT2D eigenvalue weighted by Gasteiger charge is -2.20. The molecule has 1 fully saturated rings. The Kier molecular flexibility index (Phi) is 10.0. The van der Waals surface area contributed by atoms with Gasteiger partial charge < -0.3 is 10.1 Å². The van der Waals surface area contributed by atoms with Gasteiger partial charge in [-0.15, -0.1) is 0 Å². The van der Waals surface area contributed by atoms with E-state index in [0.717, 1.165) is 32.1 Å². The molecule has 0 bridgehead atoms. The van der Waals surface area contributed by atoms with Crippen LogP contribution >= 0.6 is 28.1 Å². The van der Waals surface area contributed by atoms with Crippen molar-refractivity contribution in [2.75, 3.05) is 11.9 Å². The average molecular weight is 562 g/mol. The van der Waals surface area contributed by atoms with Crippen molar-refractivity contribution in [1.29, 1.82) is 0 Å². The van der Waals surface area contributed by atoms with Gasteiger partial charge in [-0.1, -0.05) is 26.2 Å². The van der Waals surface area contributed by atoms with E-state index < -0.39 is 11.8 Å². The maximum atomic E-state index is 12.4. The first-order chi connectivity index (χ1) is 16.9. The number of amides is 3. The highest BCUT2D eigenvalue weighted by molar-refractivity contribution is 9.10. The maximum Gasteiger partial charge on any atom is 0.269 e. The Morgan fingerprint density at radius 2 is 1.66 bits per heavy atom. The highest BCUT2D eigenvalue weighted by atomic mass is 79.9. The second-order valence-electron chi connectivity index (χ2n) is 8.26. The zero-order valence-corrected chi connectivity index (χ0v) is 21.9. The zero-order valence-electron chi connectivity index (χ0n) is 19.5. The Hall–Kier alpha value is -2.98. The van der Waals surface area contributed by atoms with Crippen LogP contribution in [-0.4, -0.2) is 29.4 Å².